The number of nitrogens with zero attached hydrogens (tertiary/aromatic N) is 2. The summed E-state index contributed by atoms with van der Waals surface area (Å²) < 4.78 is 7.09. The summed E-state index contributed by atoms with van der Waals surface area (Å²) in [4.78, 5) is 12.9. The summed E-state index contributed by atoms with van der Waals surface area (Å²) >= 11 is 0. The summed E-state index contributed by atoms with van der Waals surface area (Å²) in [7, 11) is 1.58. The van der Waals surface area contributed by atoms with E-state index in [9.17, 15) is 4.79 Å². The Kier molecular flexibility index (Phi) is 4.81. The number of Topliss-reactive ketones (excluding diaryl/α,β-unsaturated/α-hetero) is 1. The standard InChI is InChI=1S/C15H25N3O2/c1-10(2)18-14(13(20-3)9-17-18)15(19)12-7-5-4-6-11(12)8-16/h9-12H,4-8,16H2,1-3H3. The zero-order valence-electron chi connectivity index (χ0n) is 12.6. The Morgan fingerprint density at radius 2 is 2.20 bits per heavy atom. The van der Waals surface area contributed by atoms with E-state index in [0.717, 1.165) is 19.3 Å². The van der Waals surface area contributed by atoms with Gasteiger partial charge in [0.1, 0.15) is 5.69 Å². The van der Waals surface area contributed by atoms with Crippen molar-refractivity contribution in [3.05, 3.63) is 11.9 Å². The molecule has 1 aromatic rings. The zero-order chi connectivity index (χ0) is 14.7. The van der Waals surface area contributed by atoms with Gasteiger partial charge in [-0.15, -0.1) is 0 Å². The molecule has 2 N–H and O–H groups in total. The summed E-state index contributed by atoms with van der Waals surface area (Å²) in [6, 6.07) is 0.137. The van der Waals surface area contributed by atoms with Gasteiger partial charge >= 0.3 is 0 Å². The third-order valence-electron chi connectivity index (χ3n) is 4.25. The topological polar surface area (TPSA) is 70.1 Å². The average molecular weight is 279 g/mol. The fourth-order valence-electron chi connectivity index (χ4n) is 3.13. The lowest BCUT2D eigenvalue weighted by Crippen LogP contribution is -2.33. The van der Waals surface area contributed by atoms with Gasteiger partial charge < -0.3 is 10.5 Å². The Bertz CT molecular complexity index is 468. The number of hydrogen-bond donors (Lipinski definition) is 1. The van der Waals surface area contributed by atoms with E-state index in [1.165, 1.54) is 6.42 Å². The van der Waals surface area contributed by atoms with Gasteiger partial charge in [-0.2, -0.15) is 5.10 Å². The highest BCUT2D eigenvalue weighted by Gasteiger charge is 2.34. The zero-order valence-corrected chi connectivity index (χ0v) is 12.6. The molecule has 0 radical (unpaired) electrons. The van der Waals surface area contributed by atoms with E-state index in [1.807, 2.05) is 13.8 Å². The third kappa shape index (κ3) is 2.73. The van der Waals surface area contributed by atoms with Gasteiger partial charge in [-0.25, -0.2) is 0 Å². The second-order valence-electron chi connectivity index (χ2n) is 5.85. The van der Waals surface area contributed by atoms with Crippen LogP contribution in [0.15, 0.2) is 6.20 Å². The van der Waals surface area contributed by atoms with Crippen LogP contribution in [0.3, 0.4) is 0 Å². The first-order chi connectivity index (χ1) is 9.60. The lowest BCUT2D eigenvalue weighted by Gasteiger charge is -2.29. The van der Waals surface area contributed by atoms with Gasteiger partial charge in [0.25, 0.3) is 0 Å². The molecule has 0 amide bonds. The molecule has 0 aliphatic heterocycles. The number of aromatic nitrogens is 2. The minimum Gasteiger partial charge on any atom is -0.493 e. The van der Waals surface area contributed by atoms with Crippen LogP contribution >= 0.6 is 0 Å². The van der Waals surface area contributed by atoms with Crippen molar-refractivity contribution < 1.29 is 9.53 Å². The van der Waals surface area contributed by atoms with E-state index in [1.54, 1.807) is 18.0 Å². The van der Waals surface area contributed by atoms with Crippen LogP contribution in [0.1, 0.15) is 56.1 Å². The molecule has 2 unspecified atom stereocenters. The molecule has 2 rings (SSSR count). The fraction of sp³-hybridized carbons (Fsp3) is 0.733. The second-order valence-corrected chi connectivity index (χ2v) is 5.85. The summed E-state index contributed by atoms with van der Waals surface area (Å²) in [5.74, 6) is 1.02. The smallest absolute Gasteiger partial charge is 0.188 e. The van der Waals surface area contributed by atoms with Crippen LogP contribution in [0.25, 0.3) is 0 Å². The van der Waals surface area contributed by atoms with Crippen molar-refractivity contribution in [3.63, 3.8) is 0 Å². The predicted octanol–water partition coefficient (Wildman–Crippen LogP) is 2.42. The van der Waals surface area contributed by atoms with Gasteiger partial charge in [-0.1, -0.05) is 12.8 Å². The second kappa shape index (κ2) is 6.39. The number of carbonyl (C=O) groups is 1. The average Bonchev–Trinajstić information content (AvgIpc) is 2.90. The van der Waals surface area contributed by atoms with E-state index >= 15 is 0 Å². The van der Waals surface area contributed by atoms with Crippen molar-refractivity contribution in [3.8, 4) is 5.75 Å². The van der Waals surface area contributed by atoms with Gasteiger partial charge in [0.2, 0.25) is 0 Å². The molecule has 0 bridgehead atoms. The Balaban J connectivity index is 2.34. The molecule has 0 spiro atoms. The van der Waals surface area contributed by atoms with E-state index in [-0.39, 0.29) is 23.7 Å². The monoisotopic (exact) mass is 279 g/mol. The molecule has 1 heterocycles. The maximum atomic E-state index is 12.9. The molecule has 20 heavy (non-hydrogen) atoms. The van der Waals surface area contributed by atoms with E-state index in [0.29, 0.717) is 18.0 Å². The molecular weight excluding hydrogens is 254 g/mol. The van der Waals surface area contributed by atoms with Crippen LogP contribution < -0.4 is 10.5 Å². The molecule has 0 aromatic carbocycles. The van der Waals surface area contributed by atoms with Crippen molar-refractivity contribution in [2.24, 2.45) is 17.6 Å². The van der Waals surface area contributed by atoms with Crippen molar-refractivity contribution >= 4 is 5.78 Å². The summed E-state index contributed by atoms with van der Waals surface area (Å²) in [6.45, 7) is 4.61. The van der Waals surface area contributed by atoms with Crippen LogP contribution in [0.2, 0.25) is 0 Å². The summed E-state index contributed by atoms with van der Waals surface area (Å²) in [5, 5.41) is 4.29. The van der Waals surface area contributed by atoms with Gasteiger partial charge in [0, 0.05) is 12.0 Å². The van der Waals surface area contributed by atoms with Crippen LogP contribution in [0.5, 0.6) is 5.75 Å². The van der Waals surface area contributed by atoms with E-state index < -0.39 is 0 Å². The predicted molar refractivity (Wildman–Crippen MR) is 78.0 cm³/mol. The number of ether oxygens (including phenoxy) is 1. The van der Waals surface area contributed by atoms with Crippen LogP contribution in [-0.4, -0.2) is 29.2 Å². The number of nitrogens with two attached hydrogens (primary N) is 1. The van der Waals surface area contributed by atoms with Crippen molar-refractivity contribution in [1.29, 1.82) is 0 Å². The normalized spacial score (nSPS) is 23.1. The lowest BCUT2D eigenvalue weighted by molar-refractivity contribution is 0.0812. The molecule has 1 saturated carbocycles. The first kappa shape index (κ1) is 15.0. The summed E-state index contributed by atoms with van der Waals surface area (Å²) in [5.41, 5.74) is 6.45. The summed E-state index contributed by atoms with van der Waals surface area (Å²) in [6.07, 6.45) is 5.88. The van der Waals surface area contributed by atoms with Crippen LogP contribution in [-0.2, 0) is 0 Å². The van der Waals surface area contributed by atoms with Gasteiger partial charge in [-0.05, 0) is 39.2 Å². The third-order valence-corrected chi connectivity index (χ3v) is 4.25. The Morgan fingerprint density at radius 3 is 2.80 bits per heavy atom. The highest BCUT2D eigenvalue weighted by atomic mass is 16.5. The van der Waals surface area contributed by atoms with E-state index in [4.69, 9.17) is 10.5 Å². The van der Waals surface area contributed by atoms with Crippen molar-refractivity contribution in [1.82, 2.24) is 9.78 Å². The molecule has 5 nitrogen and oxygen atoms in total. The molecule has 0 saturated heterocycles. The Morgan fingerprint density at radius 1 is 1.50 bits per heavy atom. The van der Waals surface area contributed by atoms with Crippen LogP contribution in [0, 0.1) is 11.8 Å². The number of hydrogen-bond acceptors (Lipinski definition) is 4. The molecule has 1 aromatic heterocycles. The molecule has 112 valence electrons. The molecule has 5 heteroatoms. The highest BCUT2D eigenvalue weighted by Crippen LogP contribution is 2.34. The van der Waals surface area contributed by atoms with Crippen molar-refractivity contribution in [2.75, 3.05) is 13.7 Å². The first-order valence-corrected chi connectivity index (χ1v) is 7.45. The Hall–Kier alpha value is -1.36. The molecule has 1 aliphatic rings. The fourth-order valence-corrected chi connectivity index (χ4v) is 3.13. The maximum absolute atomic E-state index is 12.9. The minimum absolute atomic E-state index is 0.0110. The Labute approximate surface area is 120 Å². The molecule has 1 aliphatic carbocycles. The maximum Gasteiger partial charge on any atom is 0.188 e. The molecular formula is C15H25N3O2. The van der Waals surface area contributed by atoms with Gasteiger partial charge in [-0.3, -0.25) is 9.48 Å². The number of ketones is 1. The lowest BCUT2D eigenvalue weighted by atomic mass is 9.76. The largest absolute Gasteiger partial charge is 0.493 e. The van der Waals surface area contributed by atoms with Crippen LogP contribution in [0.4, 0.5) is 0 Å². The number of rotatable bonds is 5. The molecule has 1 fully saturated rings. The van der Waals surface area contributed by atoms with Crippen molar-refractivity contribution in [2.45, 2.75) is 45.6 Å². The first-order valence-electron chi connectivity index (χ1n) is 7.45. The van der Waals surface area contributed by atoms with E-state index in [2.05, 4.69) is 5.10 Å². The van der Waals surface area contributed by atoms with Gasteiger partial charge in [0.15, 0.2) is 11.5 Å². The minimum atomic E-state index is 0.0110. The SMILES string of the molecule is COc1cnn(C(C)C)c1C(=O)C1CCCCC1CN. The van der Waals surface area contributed by atoms with Gasteiger partial charge in [0.05, 0.1) is 13.3 Å². The quantitative estimate of drug-likeness (QED) is 0.840. The number of carbonyl (C=O) groups excluding carboxylic acids is 1. The highest BCUT2D eigenvalue weighted by molar-refractivity contribution is 5.99. The molecule has 2 atom stereocenters. The number of methoxy groups -OCH3 is 1.